The summed E-state index contributed by atoms with van der Waals surface area (Å²) in [6.07, 6.45) is 13.9. The third-order valence-corrected chi connectivity index (χ3v) is 5.67. The van der Waals surface area contributed by atoms with Gasteiger partial charge in [-0.25, -0.2) is 9.99 Å². The minimum Gasteiger partial charge on any atom is -0.494 e. The van der Waals surface area contributed by atoms with E-state index in [0.29, 0.717) is 0 Å². The number of hydrogen-bond donors (Lipinski definition) is 0. The summed E-state index contributed by atoms with van der Waals surface area (Å²) in [4.78, 5) is 8.97. The Labute approximate surface area is 189 Å². The number of aromatic nitrogens is 2. The van der Waals surface area contributed by atoms with Gasteiger partial charge in [0.2, 0.25) is 5.13 Å². The summed E-state index contributed by atoms with van der Waals surface area (Å²) >= 11 is 1.57. The average molecular weight is 437 g/mol. The first-order valence-corrected chi connectivity index (χ1v) is 12.1. The van der Waals surface area contributed by atoms with Crippen molar-refractivity contribution in [2.24, 2.45) is 5.10 Å². The van der Waals surface area contributed by atoms with E-state index in [-0.39, 0.29) is 0 Å². The first-order chi connectivity index (χ1) is 15.3. The summed E-state index contributed by atoms with van der Waals surface area (Å²) in [6.45, 7) is 5.09. The van der Waals surface area contributed by atoms with Crippen molar-refractivity contribution >= 4 is 28.4 Å². The van der Waals surface area contributed by atoms with E-state index in [9.17, 15) is 0 Å². The zero-order chi connectivity index (χ0) is 21.7. The highest BCUT2D eigenvalue weighted by atomic mass is 32.1. The van der Waals surface area contributed by atoms with Gasteiger partial charge < -0.3 is 4.74 Å². The van der Waals surface area contributed by atoms with Crippen LogP contribution in [-0.4, -0.2) is 22.8 Å². The number of hydrogen-bond acceptors (Lipinski definition) is 6. The standard InChI is InChI=1S/C25H32N4OS/c1-3-5-6-7-8-9-18-30-23-14-12-22(13-15-23)29(27-16-4-2)25-28-24(20-31-25)21-11-10-17-26-19-21/h10-17,19-20H,3-9,18H2,1-2H3/b27-16+. The number of ether oxygens (including phenoxy) is 1. The molecule has 0 radical (unpaired) electrons. The predicted octanol–water partition coefficient (Wildman–Crippen LogP) is 7.48. The molecule has 3 aromatic rings. The monoisotopic (exact) mass is 436 g/mol. The largest absolute Gasteiger partial charge is 0.494 e. The summed E-state index contributed by atoms with van der Waals surface area (Å²) < 4.78 is 5.92. The maximum absolute atomic E-state index is 5.92. The van der Waals surface area contributed by atoms with Gasteiger partial charge in [-0.3, -0.25) is 4.98 Å². The van der Waals surface area contributed by atoms with Crippen molar-refractivity contribution in [2.45, 2.75) is 58.8 Å². The number of unbranched alkanes of at least 4 members (excludes halogenated alkanes) is 5. The molecule has 0 spiro atoms. The van der Waals surface area contributed by atoms with Gasteiger partial charge in [0.05, 0.1) is 18.0 Å². The Morgan fingerprint density at radius 1 is 1.03 bits per heavy atom. The molecule has 31 heavy (non-hydrogen) atoms. The molecule has 0 atom stereocenters. The maximum atomic E-state index is 5.92. The molecule has 5 nitrogen and oxygen atoms in total. The van der Waals surface area contributed by atoms with E-state index in [1.807, 2.05) is 59.2 Å². The summed E-state index contributed by atoms with van der Waals surface area (Å²) in [6, 6.07) is 12.0. The Hall–Kier alpha value is -2.73. The third kappa shape index (κ3) is 7.17. The van der Waals surface area contributed by atoms with Gasteiger partial charge in [-0.05, 0) is 49.2 Å². The molecule has 1 aromatic carbocycles. The number of nitrogens with zero attached hydrogens (tertiary/aromatic N) is 4. The van der Waals surface area contributed by atoms with Gasteiger partial charge in [-0.1, -0.05) is 46.0 Å². The van der Waals surface area contributed by atoms with Gasteiger partial charge in [-0.15, -0.1) is 11.3 Å². The molecule has 0 saturated heterocycles. The Morgan fingerprint density at radius 2 is 1.84 bits per heavy atom. The lowest BCUT2D eigenvalue weighted by Crippen LogP contribution is -2.09. The molecular formula is C25H32N4OS. The average Bonchev–Trinajstić information content (AvgIpc) is 3.30. The highest BCUT2D eigenvalue weighted by Crippen LogP contribution is 2.33. The van der Waals surface area contributed by atoms with Crippen LogP contribution in [0.5, 0.6) is 5.75 Å². The first kappa shape index (κ1) is 22.9. The quantitative estimate of drug-likeness (QED) is 0.158. The van der Waals surface area contributed by atoms with Crippen molar-refractivity contribution in [2.75, 3.05) is 11.6 Å². The number of rotatable bonds is 13. The van der Waals surface area contributed by atoms with Crippen LogP contribution < -0.4 is 9.75 Å². The van der Waals surface area contributed by atoms with Crippen LogP contribution in [0.25, 0.3) is 11.3 Å². The molecule has 0 bridgehead atoms. The molecule has 164 valence electrons. The van der Waals surface area contributed by atoms with Crippen LogP contribution in [0.2, 0.25) is 0 Å². The molecule has 0 N–H and O–H groups in total. The fourth-order valence-electron chi connectivity index (χ4n) is 3.15. The fraction of sp³-hybridized carbons (Fsp3) is 0.400. The second-order valence-corrected chi connectivity index (χ2v) is 8.22. The number of pyridine rings is 1. The van der Waals surface area contributed by atoms with Crippen LogP contribution in [0.1, 0.15) is 58.8 Å². The molecular weight excluding hydrogens is 404 g/mol. The Bertz CT molecular complexity index is 909. The normalized spacial score (nSPS) is 11.2. The molecule has 0 unspecified atom stereocenters. The number of benzene rings is 1. The first-order valence-electron chi connectivity index (χ1n) is 11.2. The van der Waals surface area contributed by atoms with Gasteiger partial charge in [0.1, 0.15) is 5.75 Å². The van der Waals surface area contributed by atoms with Gasteiger partial charge >= 0.3 is 0 Å². The maximum Gasteiger partial charge on any atom is 0.211 e. The minimum atomic E-state index is 0.768. The molecule has 0 aliphatic carbocycles. The van der Waals surface area contributed by atoms with E-state index in [2.05, 4.69) is 23.9 Å². The highest BCUT2D eigenvalue weighted by molar-refractivity contribution is 7.14. The Balaban J connectivity index is 1.62. The third-order valence-electron chi connectivity index (χ3n) is 4.86. The molecule has 0 aliphatic heterocycles. The van der Waals surface area contributed by atoms with Gasteiger partial charge in [-0.2, -0.15) is 5.10 Å². The SMILES string of the molecule is CC/C=N/N(c1ccc(OCCCCCCCC)cc1)c1nc(-c2cccnc2)cs1. The van der Waals surface area contributed by atoms with Crippen LogP contribution in [0.15, 0.2) is 59.3 Å². The molecule has 2 heterocycles. The van der Waals surface area contributed by atoms with Crippen LogP contribution >= 0.6 is 11.3 Å². The molecule has 6 heteroatoms. The summed E-state index contributed by atoms with van der Waals surface area (Å²) in [7, 11) is 0. The van der Waals surface area contributed by atoms with Crippen LogP contribution in [0.4, 0.5) is 10.8 Å². The van der Waals surface area contributed by atoms with E-state index >= 15 is 0 Å². The molecule has 3 rings (SSSR count). The van der Waals surface area contributed by atoms with E-state index in [0.717, 1.165) is 47.3 Å². The second kappa shape index (κ2) is 12.8. The summed E-state index contributed by atoms with van der Waals surface area (Å²) in [5, 5.41) is 9.37. The zero-order valence-electron chi connectivity index (χ0n) is 18.5. The molecule has 0 amide bonds. The van der Waals surface area contributed by atoms with Crippen molar-refractivity contribution < 1.29 is 4.74 Å². The Morgan fingerprint density at radius 3 is 2.58 bits per heavy atom. The van der Waals surface area contributed by atoms with E-state index < -0.39 is 0 Å². The number of hydrazone groups is 1. The van der Waals surface area contributed by atoms with Crippen LogP contribution in [-0.2, 0) is 0 Å². The Kier molecular flexibility index (Phi) is 9.51. The molecule has 0 fully saturated rings. The number of thiazole rings is 1. The van der Waals surface area contributed by atoms with Gasteiger partial charge in [0, 0.05) is 29.6 Å². The molecule has 0 saturated carbocycles. The lowest BCUT2D eigenvalue weighted by Gasteiger charge is -2.16. The minimum absolute atomic E-state index is 0.768. The van der Waals surface area contributed by atoms with Crippen molar-refractivity contribution in [3.8, 4) is 17.0 Å². The highest BCUT2D eigenvalue weighted by Gasteiger charge is 2.14. The number of anilines is 2. The fourth-order valence-corrected chi connectivity index (χ4v) is 3.96. The lowest BCUT2D eigenvalue weighted by molar-refractivity contribution is 0.304. The zero-order valence-corrected chi connectivity index (χ0v) is 19.4. The molecule has 0 aliphatic rings. The van der Waals surface area contributed by atoms with E-state index in [4.69, 9.17) is 9.72 Å². The van der Waals surface area contributed by atoms with Crippen molar-refractivity contribution in [3.63, 3.8) is 0 Å². The summed E-state index contributed by atoms with van der Waals surface area (Å²) in [5.74, 6) is 0.895. The smallest absolute Gasteiger partial charge is 0.211 e. The van der Waals surface area contributed by atoms with Crippen molar-refractivity contribution in [1.82, 2.24) is 9.97 Å². The van der Waals surface area contributed by atoms with Crippen LogP contribution in [0, 0.1) is 0 Å². The second-order valence-electron chi connectivity index (χ2n) is 7.39. The molecule has 2 aromatic heterocycles. The van der Waals surface area contributed by atoms with Crippen LogP contribution in [0.3, 0.4) is 0 Å². The van der Waals surface area contributed by atoms with E-state index in [1.54, 1.807) is 17.5 Å². The topological polar surface area (TPSA) is 50.6 Å². The van der Waals surface area contributed by atoms with Gasteiger partial charge in [0.25, 0.3) is 0 Å². The predicted molar refractivity (Wildman–Crippen MR) is 132 cm³/mol. The summed E-state index contributed by atoms with van der Waals surface area (Å²) in [5.41, 5.74) is 2.87. The van der Waals surface area contributed by atoms with Gasteiger partial charge in [0.15, 0.2) is 0 Å². The van der Waals surface area contributed by atoms with E-state index in [1.165, 1.54) is 32.1 Å². The van der Waals surface area contributed by atoms with Crippen molar-refractivity contribution in [1.29, 1.82) is 0 Å². The lowest BCUT2D eigenvalue weighted by atomic mass is 10.1. The van der Waals surface area contributed by atoms with Crippen molar-refractivity contribution in [3.05, 3.63) is 54.2 Å².